The number of nitrogens with one attached hydrogen (secondary N) is 1. The highest BCUT2D eigenvalue weighted by atomic mass is 14.9. The van der Waals surface area contributed by atoms with Crippen molar-refractivity contribution in [3.05, 3.63) is 42.1 Å². The monoisotopic (exact) mass is 210 g/mol. The first-order chi connectivity index (χ1) is 7.86. The number of hydrogen-bond donors (Lipinski definition) is 1. The van der Waals surface area contributed by atoms with Gasteiger partial charge >= 0.3 is 0 Å². The van der Waals surface area contributed by atoms with Crippen LogP contribution in [0.5, 0.6) is 0 Å². The van der Waals surface area contributed by atoms with E-state index >= 15 is 0 Å². The molecule has 1 aromatic carbocycles. The largest absolute Gasteiger partial charge is 0.312 e. The molecule has 1 unspecified atom stereocenters. The van der Waals surface area contributed by atoms with Gasteiger partial charge in [-0.25, -0.2) is 0 Å². The summed E-state index contributed by atoms with van der Waals surface area (Å²) >= 11 is 0. The van der Waals surface area contributed by atoms with E-state index < -0.39 is 0 Å². The Morgan fingerprint density at radius 1 is 1.38 bits per heavy atom. The topological polar surface area (TPSA) is 24.9 Å². The zero-order valence-corrected chi connectivity index (χ0v) is 9.27. The molecule has 0 spiro atoms. The van der Waals surface area contributed by atoms with E-state index in [1.54, 1.807) is 0 Å². The van der Waals surface area contributed by atoms with Gasteiger partial charge in [0.1, 0.15) is 0 Å². The molecule has 0 amide bonds. The molecule has 2 heteroatoms. The van der Waals surface area contributed by atoms with Crippen molar-refractivity contribution in [3.63, 3.8) is 0 Å². The minimum atomic E-state index is 0.170. The minimum Gasteiger partial charge on any atom is -0.312 e. The van der Waals surface area contributed by atoms with Gasteiger partial charge < -0.3 is 5.32 Å². The lowest BCUT2D eigenvalue weighted by atomic mass is 10.0. The number of pyridine rings is 1. The van der Waals surface area contributed by atoms with Gasteiger partial charge in [-0.1, -0.05) is 24.3 Å². The molecule has 1 N–H and O–H groups in total. The summed E-state index contributed by atoms with van der Waals surface area (Å²) < 4.78 is 0. The molecular weight excluding hydrogens is 196 g/mol. The Morgan fingerprint density at radius 3 is 2.94 bits per heavy atom. The molecule has 0 saturated carbocycles. The van der Waals surface area contributed by atoms with Crippen molar-refractivity contribution in [3.8, 4) is 12.3 Å². The predicted octanol–water partition coefficient (Wildman–Crippen LogP) is 2.52. The van der Waals surface area contributed by atoms with E-state index in [1.165, 1.54) is 5.56 Å². The van der Waals surface area contributed by atoms with E-state index in [1.807, 2.05) is 25.4 Å². The molecule has 80 valence electrons. The van der Waals surface area contributed by atoms with Gasteiger partial charge in [0.2, 0.25) is 0 Å². The highest BCUT2D eigenvalue weighted by Crippen LogP contribution is 2.23. The fraction of sp³-hybridized carbons (Fsp3) is 0.214. The first kappa shape index (κ1) is 10.7. The number of rotatable bonds is 3. The minimum absolute atomic E-state index is 0.170. The average Bonchev–Trinajstić information content (AvgIpc) is 2.35. The number of hydrogen-bond acceptors (Lipinski definition) is 2. The summed E-state index contributed by atoms with van der Waals surface area (Å²) in [5, 5.41) is 4.38. The lowest BCUT2D eigenvalue weighted by Gasteiger charge is -2.15. The van der Waals surface area contributed by atoms with E-state index in [0.29, 0.717) is 6.42 Å². The molecule has 16 heavy (non-hydrogen) atoms. The van der Waals surface area contributed by atoms with Gasteiger partial charge in [-0.2, -0.15) is 0 Å². The van der Waals surface area contributed by atoms with Crippen molar-refractivity contribution in [2.45, 2.75) is 12.5 Å². The number of para-hydroxylation sites is 1. The first-order valence-corrected chi connectivity index (χ1v) is 5.31. The van der Waals surface area contributed by atoms with Crippen molar-refractivity contribution in [2.24, 2.45) is 0 Å². The number of aromatic nitrogens is 1. The Morgan fingerprint density at radius 2 is 2.19 bits per heavy atom. The van der Waals surface area contributed by atoms with Crippen LogP contribution in [0.2, 0.25) is 0 Å². The Kier molecular flexibility index (Phi) is 3.19. The Labute approximate surface area is 95.7 Å². The van der Waals surface area contributed by atoms with Gasteiger partial charge in [0.15, 0.2) is 0 Å². The molecular formula is C14H14N2. The van der Waals surface area contributed by atoms with E-state index in [4.69, 9.17) is 6.42 Å². The molecule has 1 heterocycles. The Balaban J connectivity index is 2.55. The van der Waals surface area contributed by atoms with Crippen LogP contribution in [0, 0.1) is 12.3 Å². The van der Waals surface area contributed by atoms with Crippen LogP contribution < -0.4 is 5.32 Å². The van der Waals surface area contributed by atoms with E-state index in [2.05, 4.69) is 34.4 Å². The van der Waals surface area contributed by atoms with Crippen LogP contribution in [-0.2, 0) is 0 Å². The predicted molar refractivity (Wildman–Crippen MR) is 67.0 cm³/mol. The van der Waals surface area contributed by atoms with Gasteiger partial charge in [0, 0.05) is 24.0 Å². The molecule has 0 bridgehead atoms. The second-order valence-corrected chi connectivity index (χ2v) is 3.67. The van der Waals surface area contributed by atoms with Crippen molar-refractivity contribution >= 4 is 10.9 Å². The molecule has 2 rings (SSSR count). The molecule has 2 nitrogen and oxygen atoms in total. The average molecular weight is 210 g/mol. The highest BCUT2D eigenvalue weighted by molar-refractivity contribution is 5.82. The molecule has 1 aromatic heterocycles. The lowest BCUT2D eigenvalue weighted by molar-refractivity contribution is 0.615. The summed E-state index contributed by atoms with van der Waals surface area (Å²) in [6.07, 6.45) is 7.86. The van der Waals surface area contributed by atoms with Crippen molar-refractivity contribution in [1.29, 1.82) is 0 Å². The second kappa shape index (κ2) is 4.78. The molecule has 0 fully saturated rings. The van der Waals surface area contributed by atoms with E-state index in [0.717, 1.165) is 10.9 Å². The molecule has 0 aliphatic carbocycles. The molecule has 2 aromatic rings. The number of terminal acetylenes is 1. The van der Waals surface area contributed by atoms with Crippen LogP contribution in [0.25, 0.3) is 10.9 Å². The Hall–Kier alpha value is -1.85. The molecule has 1 atom stereocenters. The summed E-state index contributed by atoms with van der Waals surface area (Å²) in [5.41, 5.74) is 2.19. The molecule has 0 saturated heterocycles. The van der Waals surface area contributed by atoms with Crippen LogP contribution in [0.3, 0.4) is 0 Å². The van der Waals surface area contributed by atoms with Crippen LogP contribution in [0.1, 0.15) is 18.0 Å². The Bertz CT molecular complexity index is 520. The smallest absolute Gasteiger partial charge is 0.0750 e. The zero-order chi connectivity index (χ0) is 11.4. The van der Waals surface area contributed by atoms with Crippen LogP contribution in [0.4, 0.5) is 0 Å². The van der Waals surface area contributed by atoms with Gasteiger partial charge in [-0.05, 0) is 18.7 Å². The maximum Gasteiger partial charge on any atom is 0.0750 e. The highest BCUT2D eigenvalue weighted by Gasteiger charge is 2.11. The second-order valence-electron chi connectivity index (χ2n) is 3.67. The van der Waals surface area contributed by atoms with Gasteiger partial charge in [-0.15, -0.1) is 12.3 Å². The quantitative estimate of drug-likeness (QED) is 0.787. The fourth-order valence-corrected chi connectivity index (χ4v) is 1.89. The van der Waals surface area contributed by atoms with Crippen molar-refractivity contribution in [1.82, 2.24) is 10.3 Å². The number of benzene rings is 1. The third-order valence-electron chi connectivity index (χ3n) is 2.71. The van der Waals surface area contributed by atoms with Gasteiger partial charge in [-0.3, -0.25) is 4.98 Å². The fourth-order valence-electron chi connectivity index (χ4n) is 1.89. The van der Waals surface area contributed by atoms with Crippen LogP contribution in [-0.4, -0.2) is 12.0 Å². The van der Waals surface area contributed by atoms with Crippen molar-refractivity contribution < 1.29 is 0 Å². The molecule has 0 aliphatic rings. The van der Waals surface area contributed by atoms with Gasteiger partial charge in [0.05, 0.1) is 5.52 Å². The summed E-state index contributed by atoms with van der Waals surface area (Å²) in [6, 6.07) is 10.4. The first-order valence-electron chi connectivity index (χ1n) is 5.31. The maximum atomic E-state index is 5.38. The number of nitrogens with zero attached hydrogens (tertiary/aromatic N) is 1. The summed E-state index contributed by atoms with van der Waals surface area (Å²) in [4.78, 5) is 4.42. The van der Waals surface area contributed by atoms with Crippen LogP contribution >= 0.6 is 0 Å². The molecule has 0 radical (unpaired) electrons. The van der Waals surface area contributed by atoms with Crippen LogP contribution in [0.15, 0.2) is 36.5 Å². The van der Waals surface area contributed by atoms with E-state index in [-0.39, 0.29) is 6.04 Å². The standard InChI is InChI=1S/C14H14N2/c1-3-6-13(15-2)12-9-4-7-11-8-5-10-16-14(11)12/h1,4-5,7-10,13,15H,6H2,2H3. The maximum absolute atomic E-state index is 5.38. The summed E-state index contributed by atoms with van der Waals surface area (Å²) in [7, 11) is 1.92. The SMILES string of the molecule is C#CCC(NC)c1cccc2cccnc12. The third-order valence-corrected chi connectivity index (χ3v) is 2.71. The normalized spacial score (nSPS) is 12.2. The lowest BCUT2D eigenvalue weighted by Crippen LogP contribution is -2.16. The number of fused-ring (bicyclic) bond motifs is 1. The summed E-state index contributed by atoms with van der Waals surface area (Å²) in [5.74, 6) is 2.69. The third kappa shape index (κ3) is 1.91. The zero-order valence-electron chi connectivity index (χ0n) is 9.27. The molecule has 0 aliphatic heterocycles. The van der Waals surface area contributed by atoms with Crippen molar-refractivity contribution in [2.75, 3.05) is 7.05 Å². The van der Waals surface area contributed by atoms with Gasteiger partial charge in [0.25, 0.3) is 0 Å². The van der Waals surface area contributed by atoms with E-state index in [9.17, 15) is 0 Å². The summed E-state index contributed by atoms with van der Waals surface area (Å²) in [6.45, 7) is 0.